The van der Waals surface area contributed by atoms with E-state index in [2.05, 4.69) is 15.2 Å². The molecule has 0 atom stereocenters. The lowest BCUT2D eigenvalue weighted by Crippen LogP contribution is -2.07. The Hall–Kier alpha value is -2.07. The number of thioether (sulfide) groups is 1. The minimum Gasteiger partial charge on any atom is -0.251 e. The Morgan fingerprint density at radius 3 is 2.29 bits per heavy atom. The fraction of sp³-hybridized carbons (Fsp3) is 0.278. The van der Waals surface area contributed by atoms with Crippen LogP contribution in [0, 0.1) is 0 Å². The van der Waals surface area contributed by atoms with Crippen molar-refractivity contribution in [3.63, 3.8) is 0 Å². The number of rotatable bonds is 5. The first-order valence-corrected chi connectivity index (χ1v) is 9.92. The smallest absolute Gasteiger partial charge is 0.251 e. The Kier molecular flexibility index (Phi) is 5.72. The topological polar surface area (TPSA) is 38.7 Å². The van der Waals surface area contributed by atoms with Crippen LogP contribution in [-0.4, -0.2) is 20.9 Å². The van der Waals surface area contributed by atoms with Crippen LogP contribution in [0.15, 0.2) is 41.4 Å². The highest BCUT2D eigenvalue weighted by molar-refractivity contribution is 7.99. The van der Waals surface area contributed by atoms with Crippen molar-refractivity contribution in [1.82, 2.24) is 15.2 Å². The number of hydrogen-bond acceptors (Lipinski definition) is 5. The lowest BCUT2D eigenvalue weighted by Gasteiger charge is -2.13. The first-order chi connectivity index (χ1) is 13.1. The zero-order valence-electron chi connectivity index (χ0n) is 14.7. The molecule has 0 aliphatic rings. The molecule has 3 nitrogen and oxygen atoms in total. The molecule has 3 rings (SSSR count). The van der Waals surface area contributed by atoms with Crippen LogP contribution in [-0.2, 0) is 12.1 Å². The molecule has 10 heteroatoms. The Morgan fingerprint density at radius 1 is 1.00 bits per heavy atom. The summed E-state index contributed by atoms with van der Waals surface area (Å²) in [7, 11) is 0. The maximum atomic E-state index is 13.6. The third-order valence-electron chi connectivity index (χ3n) is 3.74. The molecule has 0 radical (unpaired) electrons. The van der Waals surface area contributed by atoms with Crippen molar-refractivity contribution in [1.29, 1.82) is 0 Å². The van der Waals surface area contributed by atoms with Gasteiger partial charge in [-0.05, 0) is 24.0 Å². The van der Waals surface area contributed by atoms with Gasteiger partial charge in [0.25, 0.3) is 5.92 Å². The average molecular weight is 431 g/mol. The summed E-state index contributed by atoms with van der Waals surface area (Å²) in [4.78, 5) is 4.07. The van der Waals surface area contributed by atoms with Gasteiger partial charge in [-0.2, -0.15) is 13.2 Å². The predicted octanol–water partition coefficient (Wildman–Crippen LogP) is 6.51. The van der Waals surface area contributed by atoms with Gasteiger partial charge in [0.1, 0.15) is 15.7 Å². The normalized spacial score (nSPS) is 12.4. The van der Waals surface area contributed by atoms with Crippen molar-refractivity contribution in [3.8, 4) is 21.1 Å². The lowest BCUT2D eigenvalue weighted by atomic mass is 10.1. The van der Waals surface area contributed by atoms with Gasteiger partial charge >= 0.3 is 6.18 Å². The Labute approximate surface area is 166 Å². The third-order valence-corrected chi connectivity index (χ3v) is 5.69. The number of hydrogen-bond donors (Lipinski definition) is 0. The molecule has 0 unspecified atom stereocenters. The molecule has 1 aromatic carbocycles. The monoisotopic (exact) mass is 431 g/mol. The van der Waals surface area contributed by atoms with Crippen LogP contribution in [0.25, 0.3) is 21.1 Å². The quantitative estimate of drug-likeness (QED) is 0.341. The van der Waals surface area contributed by atoms with Gasteiger partial charge in [0.05, 0.1) is 0 Å². The molecular formula is C18H14F5N3S2. The third kappa shape index (κ3) is 4.49. The molecule has 0 aliphatic heterocycles. The SMILES string of the molecule is CCSc1cc(C(C)(F)F)ccc1-c1nnc(-c2ccc(C(F)(F)F)nc2)s1. The Bertz CT molecular complexity index is 963. The standard InChI is InChI=1S/C18H14F5N3S2/c1-3-27-13-8-11(17(2,19)20)5-6-12(13)16-26-25-15(28-16)10-4-7-14(24-9-10)18(21,22)23/h4-9H,3H2,1-2H3. The van der Waals surface area contributed by atoms with Crippen LogP contribution in [0.2, 0.25) is 0 Å². The molecule has 0 fully saturated rings. The molecule has 0 saturated heterocycles. The molecule has 2 aromatic heterocycles. The summed E-state index contributed by atoms with van der Waals surface area (Å²) >= 11 is 2.57. The van der Waals surface area contributed by atoms with E-state index < -0.39 is 17.8 Å². The van der Waals surface area contributed by atoms with Gasteiger partial charge in [0, 0.05) is 34.7 Å². The second kappa shape index (κ2) is 7.75. The van der Waals surface area contributed by atoms with E-state index in [0.717, 1.165) is 30.5 Å². The van der Waals surface area contributed by atoms with E-state index in [9.17, 15) is 22.0 Å². The Balaban J connectivity index is 1.95. The summed E-state index contributed by atoms with van der Waals surface area (Å²) in [5.41, 5.74) is -0.0239. The number of halogens is 5. The van der Waals surface area contributed by atoms with E-state index in [1.165, 1.54) is 30.0 Å². The highest BCUT2D eigenvalue weighted by Crippen LogP contribution is 2.39. The minimum atomic E-state index is -4.51. The number of aromatic nitrogens is 3. The van der Waals surface area contributed by atoms with E-state index in [4.69, 9.17) is 0 Å². The zero-order chi connectivity index (χ0) is 20.5. The minimum absolute atomic E-state index is 0.0936. The van der Waals surface area contributed by atoms with Crippen molar-refractivity contribution in [2.45, 2.75) is 30.8 Å². The molecule has 0 amide bonds. The van der Waals surface area contributed by atoms with Gasteiger partial charge in [-0.3, -0.25) is 4.98 Å². The van der Waals surface area contributed by atoms with E-state index in [1.54, 1.807) is 6.07 Å². The largest absolute Gasteiger partial charge is 0.433 e. The fourth-order valence-corrected chi connectivity index (χ4v) is 4.16. The molecule has 28 heavy (non-hydrogen) atoms. The van der Waals surface area contributed by atoms with Gasteiger partial charge in [0.15, 0.2) is 0 Å². The molecule has 0 bridgehead atoms. The van der Waals surface area contributed by atoms with E-state index in [0.29, 0.717) is 31.8 Å². The Morgan fingerprint density at radius 2 is 1.71 bits per heavy atom. The number of pyridine rings is 1. The van der Waals surface area contributed by atoms with Crippen molar-refractivity contribution < 1.29 is 22.0 Å². The highest BCUT2D eigenvalue weighted by Gasteiger charge is 2.32. The van der Waals surface area contributed by atoms with Crippen LogP contribution in [0.4, 0.5) is 22.0 Å². The van der Waals surface area contributed by atoms with E-state index in [-0.39, 0.29) is 5.56 Å². The summed E-state index contributed by atoms with van der Waals surface area (Å²) in [6.07, 6.45) is -3.42. The van der Waals surface area contributed by atoms with Crippen molar-refractivity contribution >= 4 is 23.1 Å². The second-order valence-electron chi connectivity index (χ2n) is 5.87. The van der Waals surface area contributed by atoms with Gasteiger partial charge in [-0.25, -0.2) is 8.78 Å². The predicted molar refractivity (Wildman–Crippen MR) is 99.5 cm³/mol. The van der Waals surface area contributed by atoms with Crippen molar-refractivity contribution in [2.24, 2.45) is 0 Å². The van der Waals surface area contributed by atoms with Crippen molar-refractivity contribution in [2.75, 3.05) is 5.75 Å². The molecule has 0 aliphatic carbocycles. The first kappa shape index (κ1) is 20.7. The molecule has 0 saturated carbocycles. The van der Waals surface area contributed by atoms with E-state index in [1.807, 2.05) is 6.92 Å². The number of benzene rings is 1. The summed E-state index contributed by atoms with van der Waals surface area (Å²) in [6.45, 7) is 2.74. The number of alkyl halides is 5. The molecule has 0 spiro atoms. The van der Waals surface area contributed by atoms with Gasteiger partial charge in [0.2, 0.25) is 0 Å². The van der Waals surface area contributed by atoms with Crippen LogP contribution < -0.4 is 0 Å². The maximum absolute atomic E-state index is 13.6. The van der Waals surface area contributed by atoms with Crippen LogP contribution in [0.3, 0.4) is 0 Å². The second-order valence-corrected chi connectivity index (χ2v) is 8.16. The molecular weight excluding hydrogens is 417 g/mol. The van der Waals surface area contributed by atoms with Crippen LogP contribution in [0.5, 0.6) is 0 Å². The fourth-order valence-electron chi connectivity index (χ4n) is 2.38. The molecule has 148 valence electrons. The van der Waals surface area contributed by atoms with Gasteiger partial charge in [-0.15, -0.1) is 22.0 Å². The number of nitrogens with zero attached hydrogens (tertiary/aromatic N) is 3. The van der Waals surface area contributed by atoms with Gasteiger partial charge < -0.3 is 0 Å². The summed E-state index contributed by atoms with van der Waals surface area (Å²) < 4.78 is 65.2. The van der Waals surface area contributed by atoms with Crippen LogP contribution >= 0.6 is 23.1 Å². The lowest BCUT2D eigenvalue weighted by molar-refractivity contribution is -0.141. The summed E-state index contributed by atoms with van der Waals surface area (Å²) in [5.74, 6) is -2.28. The maximum Gasteiger partial charge on any atom is 0.433 e. The van der Waals surface area contributed by atoms with Gasteiger partial charge in [-0.1, -0.05) is 30.4 Å². The summed E-state index contributed by atoms with van der Waals surface area (Å²) in [5, 5.41) is 9.00. The van der Waals surface area contributed by atoms with E-state index >= 15 is 0 Å². The first-order valence-electron chi connectivity index (χ1n) is 8.12. The summed E-state index contributed by atoms with van der Waals surface area (Å²) in [6, 6.07) is 6.51. The zero-order valence-corrected chi connectivity index (χ0v) is 16.4. The molecule has 3 aromatic rings. The molecule has 0 N–H and O–H groups in total. The molecule has 2 heterocycles. The highest BCUT2D eigenvalue weighted by atomic mass is 32.2. The van der Waals surface area contributed by atoms with Crippen LogP contribution in [0.1, 0.15) is 25.1 Å². The van der Waals surface area contributed by atoms with Crippen molar-refractivity contribution in [3.05, 3.63) is 47.8 Å². The average Bonchev–Trinajstić information content (AvgIpc) is 3.10.